The van der Waals surface area contributed by atoms with Crippen LogP contribution in [-0.2, 0) is 28.0 Å². The Kier molecular flexibility index (Phi) is 8.53. The van der Waals surface area contributed by atoms with Gasteiger partial charge in [-0.15, -0.1) is 0 Å². The molecule has 2 unspecified atom stereocenters. The molecule has 7 nitrogen and oxygen atoms in total. The van der Waals surface area contributed by atoms with Gasteiger partial charge in [0, 0.05) is 38.8 Å². The molecule has 3 rings (SSSR count). The van der Waals surface area contributed by atoms with Crippen LogP contribution in [0, 0.1) is 11.8 Å². The van der Waals surface area contributed by atoms with E-state index in [9.17, 15) is 13.2 Å². The number of nitrogens with one attached hydrogen (secondary N) is 1. The van der Waals surface area contributed by atoms with Gasteiger partial charge < -0.3 is 5.32 Å². The van der Waals surface area contributed by atoms with Crippen molar-refractivity contribution in [3.63, 3.8) is 0 Å². The summed E-state index contributed by atoms with van der Waals surface area (Å²) in [6.07, 6.45) is 1.29. The standard InChI is InChI=1S/C24H32ClN3O4S/c1-17-11-18(2)15-28(14-17)16-20-7-5-19(6-8-20)13-26-24(29)21-9-10-22(25)23(12-21)33(30,31)27(3)32-4/h5-10,12,17-18H,11,13-16H2,1-4H3,(H,26,29). The minimum Gasteiger partial charge on any atom is -0.348 e. The van der Waals surface area contributed by atoms with Gasteiger partial charge in [0.25, 0.3) is 15.9 Å². The van der Waals surface area contributed by atoms with Crippen LogP contribution in [0.5, 0.6) is 0 Å². The predicted octanol–water partition coefficient (Wildman–Crippen LogP) is 3.93. The first-order chi connectivity index (χ1) is 15.6. The van der Waals surface area contributed by atoms with Gasteiger partial charge >= 0.3 is 0 Å². The lowest BCUT2D eigenvalue weighted by Gasteiger charge is -2.35. The van der Waals surface area contributed by atoms with E-state index in [2.05, 4.69) is 36.2 Å². The molecule has 1 heterocycles. The van der Waals surface area contributed by atoms with E-state index in [1.807, 2.05) is 12.1 Å². The summed E-state index contributed by atoms with van der Waals surface area (Å²) in [6.45, 7) is 8.13. The first kappa shape index (κ1) is 25.6. The molecule has 0 saturated carbocycles. The van der Waals surface area contributed by atoms with Crippen molar-refractivity contribution in [2.24, 2.45) is 11.8 Å². The van der Waals surface area contributed by atoms with Gasteiger partial charge in [0.05, 0.1) is 12.1 Å². The highest BCUT2D eigenvalue weighted by Crippen LogP contribution is 2.26. The van der Waals surface area contributed by atoms with Crippen LogP contribution in [0.2, 0.25) is 5.02 Å². The Morgan fingerprint density at radius 1 is 1.12 bits per heavy atom. The monoisotopic (exact) mass is 493 g/mol. The summed E-state index contributed by atoms with van der Waals surface area (Å²) < 4.78 is 25.8. The number of nitrogens with zero attached hydrogens (tertiary/aromatic N) is 2. The number of piperidine rings is 1. The largest absolute Gasteiger partial charge is 0.348 e. The number of sulfonamides is 1. The molecule has 180 valence electrons. The number of hydrogen-bond acceptors (Lipinski definition) is 5. The molecule has 33 heavy (non-hydrogen) atoms. The third kappa shape index (κ3) is 6.55. The lowest BCUT2D eigenvalue weighted by molar-refractivity contribution is -0.0258. The number of halogens is 1. The van der Waals surface area contributed by atoms with Crippen LogP contribution in [-0.4, -0.2) is 50.9 Å². The summed E-state index contributed by atoms with van der Waals surface area (Å²) in [4.78, 5) is 19.7. The van der Waals surface area contributed by atoms with Crippen LogP contribution in [0.3, 0.4) is 0 Å². The van der Waals surface area contributed by atoms with E-state index >= 15 is 0 Å². The second-order valence-corrected chi connectivity index (χ2v) is 11.2. The minimum atomic E-state index is -3.97. The van der Waals surface area contributed by atoms with E-state index in [4.69, 9.17) is 16.4 Å². The highest BCUT2D eigenvalue weighted by molar-refractivity contribution is 7.89. The molecule has 1 saturated heterocycles. The number of amides is 1. The number of likely N-dealkylation sites (tertiary alicyclic amines) is 1. The Bertz CT molecular complexity index is 1070. The molecule has 1 fully saturated rings. The van der Waals surface area contributed by atoms with Gasteiger partial charge in [-0.05, 0) is 47.6 Å². The van der Waals surface area contributed by atoms with Crippen molar-refractivity contribution in [3.8, 4) is 0 Å². The number of hydrogen-bond donors (Lipinski definition) is 1. The maximum Gasteiger partial charge on any atom is 0.266 e. The smallest absolute Gasteiger partial charge is 0.266 e. The zero-order valence-corrected chi connectivity index (χ0v) is 21.1. The summed E-state index contributed by atoms with van der Waals surface area (Å²) in [6, 6.07) is 12.4. The van der Waals surface area contributed by atoms with Gasteiger partial charge in [-0.1, -0.05) is 54.2 Å². The van der Waals surface area contributed by atoms with E-state index < -0.39 is 10.0 Å². The molecule has 2 atom stereocenters. The quantitative estimate of drug-likeness (QED) is 0.564. The average molecular weight is 494 g/mol. The van der Waals surface area contributed by atoms with Crippen molar-refractivity contribution >= 4 is 27.5 Å². The van der Waals surface area contributed by atoms with Crippen LogP contribution >= 0.6 is 11.6 Å². The summed E-state index contributed by atoms with van der Waals surface area (Å²) >= 11 is 6.06. The molecule has 1 N–H and O–H groups in total. The molecule has 9 heteroatoms. The van der Waals surface area contributed by atoms with Crippen LogP contribution < -0.4 is 5.32 Å². The van der Waals surface area contributed by atoms with E-state index in [-0.39, 0.29) is 21.4 Å². The molecule has 2 aromatic carbocycles. The van der Waals surface area contributed by atoms with Crippen molar-refractivity contribution in [1.29, 1.82) is 0 Å². The van der Waals surface area contributed by atoms with Crippen LogP contribution in [0.15, 0.2) is 47.4 Å². The lowest BCUT2D eigenvalue weighted by Crippen LogP contribution is -2.38. The van der Waals surface area contributed by atoms with Gasteiger partial charge in [0.1, 0.15) is 4.90 Å². The topological polar surface area (TPSA) is 78.9 Å². The molecular weight excluding hydrogens is 462 g/mol. The molecule has 0 radical (unpaired) electrons. The van der Waals surface area contributed by atoms with Crippen molar-refractivity contribution in [2.75, 3.05) is 27.2 Å². The van der Waals surface area contributed by atoms with Crippen molar-refractivity contribution < 1.29 is 18.0 Å². The van der Waals surface area contributed by atoms with Crippen molar-refractivity contribution in [2.45, 2.75) is 38.3 Å². The SMILES string of the molecule is CON(C)S(=O)(=O)c1cc(C(=O)NCc2ccc(CN3CC(C)CC(C)C3)cc2)ccc1Cl. The first-order valence-corrected chi connectivity index (χ1v) is 12.8. The molecule has 2 aromatic rings. The average Bonchev–Trinajstić information content (AvgIpc) is 2.77. The third-order valence-corrected chi connectivity index (χ3v) is 8.05. The number of benzene rings is 2. The van der Waals surface area contributed by atoms with E-state index in [0.717, 1.165) is 37.0 Å². The van der Waals surface area contributed by atoms with E-state index in [0.29, 0.717) is 11.0 Å². The van der Waals surface area contributed by atoms with Crippen LogP contribution in [0.25, 0.3) is 0 Å². The fourth-order valence-electron chi connectivity index (χ4n) is 4.31. The minimum absolute atomic E-state index is 0.0172. The van der Waals surface area contributed by atoms with Gasteiger partial charge in [0.2, 0.25) is 0 Å². The Balaban J connectivity index is 1.61. The Morgan fingerprint density at radius 2 is 1.73 bits per heavy atom. The summed E-state index contributed by atoms with van der Waals surface area (Å²) in [5, 5.41) is 2.85. The number of rotatable bonds is 8. The third-order valence-electron chi connectivity index (χ3n) is 5.89. The Labute approximate surface area is 201 Å². The molecule has 0 bridgehead atoms. The molecular formula is C24H32ClN3O4S. The Morgan fingerprint density at radius 3 is 2.33 bits per heavy atom. The van der Waals surface area contributed by atoms with Crippen LogP contribution in [0.4, 0.5) is 0 Å². The van der Waals surface area contributed by atoms with Crippen molar-refractivity contribution in [1.82, 2.24) is 14.7 Å². The summed E-state index contributed by atoms with van der Waals surface area (Å²) in [5.74, 6) is 1.06. The highest BCUT2D eigenvalue weighted by Gasteiger charge is 2.25. The van der Waals surface area contributed by atoms with Gasteiger partial charge in [-0.2, -0.15) is 0 Å². The molecule has 1 aliphatic rings. The van der Waals surface area contributed by atoms with Crippen LogP contribution in [0.1, 0.15) is 41.8 Å². The predicted molar refractivity (Wildman–Crippen MR) is 129 cm³/mol. The van der Waals surface area contributed by atoms with Crippen molar-refractivity contribution in [3.05, 3.63) is 64.2 Å². The second kappa shape index (κ2) is 11.0. The maximum absolute atomic E-state index is 12.6. The normalized spacial score (nSPS) is 19.6. The maximum atomic E-state index is 12.6. The fourth-order valence-corrected chi connectivity index (χ4v) is 5.78. The number of hydroxylamine groups is 1. The lowest BCUT2D eigenvalue weighted by atomic mass is 9.91. The zero-order valence-electron chi connectivity index (χ0n) is 19.5. The highest BCUT2D eigenvalue weighted by atomic mass is 35.5. The Hall–Kier alpha value is -1.97. The number of carbonyl (C=O) groups is 1. The molecule has 0 spiro atoms. The fraction of sp³-hybridized carbons (Fsp3) is 0.458. The second-order valence-electron chi connectivity index (χ2n) is 8.88. The summed E-state index contributed by atoms with van der Waals surface area (Å²) in [5.41, 5.74) is 2.42. The molecule has 0 aromatic heterocycles. The first-order valence-electron chi connectivity index (χ1n) is 11.0. The number of carbonyl (C=O) groups excluding carboxylic acids is 1. The molecule has 1 aliphatic heterocycles. The van der Waals surface area contributed by atoms with E-state index in [1.165, 1.54) is 44.3 Å². The zero-order chi connectivity index (χ0) is 24.2. The summed E-state index contributed by atoms with van der Waals surface area (Å²) in [7, 11) is -1.48. The van der Waals surface area contributed by atoms with E-state index in [1.54, 1.807) is 0 Å². The molecule has 0 aliphatic carbocycles. The molecule has 1 amide bonds. The van der Waals surface area contributed by atoms with Gasteiger partial charge in [-0.25, -0.2) is 8.42 Å². The van der Waals surface area contributed by atoms with Gasteiger partial charge in [0.15, 0.2) is 0 Å². The van der Waals surface area contributed by atoms with Gasteiger partial charge in [-0.3, -0.25) is 14.5 Å².